The third-order valence-electron chi connectivity index (χ3n) is 4.01. The summed E-state index contributed by atoms with van der Waals surface area (Å²) < 4.78 is 0. The summed E-state index contributed by atoms with van der Waals surface area (Å²) in [5, 5.41) is 2.79. The lowest BCUT2D eigenvalue weighted by Gasteiger charge is -2.13. The molecule has 0 spiro atoms. The maximum absolute atomic E-state index is 12.1. The van der Waals surface area contributed by atoms with Crippen molar-refractivity contribution in [3.8, 4) is 0 Å². The largest absolute Gasteiger partial charge is 0.354 e. The van der Waals surface area contributed by atoms with Crippen LogP contribution in [0.5, 0.6) is 0 Å². The zero-order valence-electron chi connectivity index (χ0n) is 14.4. The van der Waals surface area contributed by atoms with Crippen LogP contribution < -0.4 is 11.1 Å². The van der Waals surface area contributed by atoms with Gasteiger partial charge < -0.3 is 11.1 Å². The number of aryl methyl sites for hydroxylation is 1. The normalized spacial score (nSPS) is 11.3. The highest BCUT2D eigenvalue weighted by molar-refractivity contribution is 5.97. The lowest BCUT2D eigenvalue weighted by Crippen LogP contribution is -2.32. The standard InChI is InChI=1S/C20H24N2O2.ClH/c1-2-15-8-10-17(11-9-15)19(23)12-13-20(24)22-14-18(21)16-6-4-3-5-7-16;/h3-11,18H,2,12-14,21H2,1H3,(H,22,24);1H. The van der Waals surface area contributed by atoms with Gasteiger partial charge >= 0.3 is 0 Å². The summed E-state index contributed by atoms with van der Waals surface area (Å²) in [7, 11) is 0. The maximum atomic E-state index is 12.1. The van der Waals surface area contributed by atoms with Crippen molar-refractivity contribution in [1.29, 1.82) is 0 Å². The summed E-state index contributed by atoms with van der Waals surface area (Å²) in [5.74, 6) is -0.167. The van der Waals surface area contributed by atoms with E-state index in [1.807, 2.05) is 54.6 Å². The molecule has 3 N–H and O–H groups in total. The van der Waals surface area contributed by atoms with Gasteiger partial charge in [0.05, 0.1) is 0 Å². The van der Waals surface area contributed by atoms with Gasteiger partial charge in [-0.05, 0) is 17.5 Å². The molecular formula is C20H25ClN2O2. The minimum Gasteiger partial charge on any atom is -0.354 e. The summed E-state index contributed by atoms with van der Waals surface area (Å²) in [6.07, 6.45) is 1.33. The first-order chi connectivity index (χ1) is 11.6. The molecular weight excluding hydrogens is 336 g/mol. The van der Waals surface area contributed by atoms with Gasteiger partial charge in [0.2, 0.25) is 5.91 Å². The number of rotatable bonds is 8. The van der Waals surface area contributed by atoms with Gasteiger partial charge in [0.25, 0.3) is 0 Å². The fourth-order valence-electron chi connectivity index (χ4n) is 2.43. The summed E-state index contributed by atoms with van der Waals surface area (Å²) in [5.41, 5.74) is 8.86. The zero-order chi connectivity index (χ0) is 17.4. The Balaban J connectivity index is 0.00000312. The molecule has 0 saturated carbocycles. The smallest absolute Gasteiger partial charge is 0.220 e. The van der Waals surface area contributed by atoms with E-state index < -0.39 is 0 Å². The molecule has 1 unspecified atom stereocenters. The van der Waals surface area contributed by atoms with Crippen molar-refractivity contribution in [2.45, 2.75) is 32.2 Å². The lowest BCUT2D eigenvalue weighted by molar-refractivity contribution is -0.121. The van der Waals surface area contributed by atoms with Gasteiger partial charge in [0.15, 0.2) is 5.78 Å². The van der Waals surface area contributed by atoms with Gasteiger partial charge in [-0.15, -0.1) is 12.4 Å². The second kappa shape index (κ2) is 10.6. The molecule has 134 valence electrons. The van der Waals surface area contributed by atoms with E-state index in [-0.39, 0.29) is 43.0 Å². The van der Waals surface area contributed by atoms with Crippen LogP contribution in [0.2, 0.25) is 0 Å². The molecule has 2 rings (SSSR count). The number of amides is 1. The first-order valence-electron chi connectivity index (χ1n) is 8.29. The third-order valence-corrected chi connectivity index (χ3v) is 4.01. The van der Waals surface area contributed by atoms with Crippen molar-refractivity contribution >= 4 is 24.1 Å². The lowest BCUT2D eigenvalue weighted by atomic mass is 10.0. The molecule has 0 fully saturated rings. The molecule has 0 aromatic heterocycles. The highest BCUT2D eigenvalue weighted by atomic mass is 35.5. The molecule has 0 heterocycles. The number of carbonyl (C=O) groups excluding carboxylic acids is 2. The number of nitrogens with one attached hydrogen (secondary N) is 1. The molecule has 0 radical (unpaired) electrons. The number of nitrogens with two attached hydrogens (primary N) is 1. The third kappa shape index (κ3) is 6.69. The topological polar surface area (TPSA) is 72.2 Å². The minimum absolute atomic E-state index is 0. The molecule has 0 aliphatic carbocycles. The maximum Gasteiger partial charge on any atom is 0.220 e. The highest BCUT2D eigenvalue weighted by Crippen LogP contribution is 2.10. The van der Waals surface area contributed by atoms with E-state index in [0.717, 1.165) is 12.0 Å². The Morgan fingerprint density at radius 2 is 1.64 bits per heavy atom. The van der Waals surface area contributed by atoms with Crippen LogP contribution in [-0.2, 0) is 11.2 Å². The van der Waals surface area contributed by atoms with Crippen LogP contribution in [0.4, 0.5) is 0 Å². The van der Waals surface area contributed by atoms with E-state index in [4.69, 9.17) is 5.73 Å². The summed E-state index contributed by atoms with van der Waals surface area (Å²) in [6.45, 7) is 2.43. The number of hydrogen-bond donors (Lipinski definition) is 2. The Hall–Kier alpha value is -2.17. The van der Waals surface area contributed by atoms with Gasteiger partial charge in [-0.3, -0.25) is 9.59 Å². The first kappa shape index (κ1) is 20.9. The Kier molecular flexibility index (Phi) is 8.89. The monoisotopic (exact) mass is 360 g/mol. The average Bonchev–Trinajstić information content (AvgIpc) is 2.64. The van der Waals surface area contributed by atoms with Crippen LogP contribution in [0.1, 0.15) is 47.3 Å². The fraction of sp³-hybridized carbons (Fsp3) is 0.300. The van der Waals surface area contributed by atoms with Gasteiger partial charge in [-0.1, -0.05) is 61.5 Å². The van der Waals surface area contributed by atoms with Crippen LogP contribution in [-0.4, -0.2) is 18.2 Å². The van der Waals surface area contributed by atoms with Crippen LogP contribution in [0, 0.1) is 0 Å². The van der Waals surface area contributed by atoms with Crippen molar-refractivity contribution in [2.24, 2.45) is 5.73 Å². The Labute approximate surface area is 155 Å². The second-order valence-corrected chi connectivity index (χ2v) is 5.79. The highest BCUT2D eigenvalue weighted by Gasteiger charge is 2.11. The van der Waals surface area contributed by atoms with Crippen molar-refractivity contribution in [2.75, 3.05) is 6.54 Å². The van der Waals surface area contributed by atoms with Crippen LogP contribution in [0.3, 0.4) is 0 Å². The first-order valence-corrected chi connectivity index (χ1v) is 8.29. The van der Waals surface area contributed by atoms with Crippen molar-refractivity contribution in [1.82, 2.24) is 5.32 Å². The SMILES string of the molecule is CCc1ccc(C(=O)CCC(=O)NCC(N)c2ccccc2)cc1.Cl. The summed E-state index contributed by atoms with van der Waals surface area (Å²) in [6, 6.07) is 16.9. The van der Waals surface area contributed by atoms with Crippen LogP contribution >= 0.6 is 12.4 Å². The van der Waals surface area contributed by atoms with Gasteiger partial charge in [0, 0.05) is 31.0 Å². The number of halogens is 1. The van der Waals surface area contributed by atoms with Gasteiger partial charge in [-0.2, -0.15) is 0 Å². The van der Waals surface area contributed by atoms with Crippen molar-refractivity contribution in [3.05, 3.63) is 71.3 Å². The Morgan fingerprint density at radius 1 is 1.00 bits per heavy atom. The van der Waals surface area contributed by atoms with Gasteiger partial charge in [0.1, 0.15) is 0 Å². The number of benzene rings is 2. The molecule has 0 aliphatic heterocycles. The molecule has 0 saturated heterocycles. The Bertz CT molecular complexity index is 672. The molecule has 0 bridgehead atoms. The summed E-state index contributed by atoms with van der Waals surface area (Å²) >= 11 is 0. The summed E-state index contributed by atoms with van der Waals surface area (Å²) in [4.78, 5) is 24.0. The van der Waals surface area contributed by atoms with E-state index >= 15 is 0 Å². The van der Waals surface area contributed by atoms with E-state index in [0.29, 0.717) is 12.1 Å². The number of carbonyl (C=O) groups is 2. The predicted molar refractivity (Wildman–Crippen MR) is 103 cm³/mol. The van der Waals surface area contributed by atoms with E-state index in [9.17, 15) is 9.59 Å². The van der Waals surface area contributed by atoms with Gasteiger partial charge in [-0.25, -0.2) is 0 Å². The number of Topliss-reactive ketones (excluding diaryl/α,β-unsaturated/α-hetero) is 1. The van der Waals surface area contributed by atoms with Crippen LogP contribution in [0.15, 0.2) is 54.6 Å². The molecule has 1 atom stereocenters. The quantitative estimate of drug-likeness (QED) is 0.708. The molecule has 5 heteroatoms. The predicted octanol–water partition coefficient (Wildman–Crippen LogP) is 3.45. The second-order valence-electron chi connectivity index (χ2n) is 5.79. The van der Waals surface area contributed by atoms with E-state index in [1.165, 1.54) is 5.56 Å². The molecule has 2 aromatic carbocycles. The minimum atomic E-state index is -0.243. The molecule has 1 amide bonds. The fourth-order valence-corrected chi connectivity index (χ4v) is 2.43. The average molecular weight is 361 g/mol. The number of hydrogen-bond acceptors (Lipinski definition) is 3. The van der Waals surface area contributed by atoms with E-state index in [2.05, 4.69) is 12.2 Å². The molecule has 25 heavy (non-hydrogen) atoms. The van der Waals surface area contributed by atoms with Crippen molar-refractivity contribution < 1.29 is 9.59 Å². The number of ketones is 1. The zero-order valence-corrected chi connectivity index (χ0v) is 15.2. The van der Waals surface area contributed by atoms with Crippen molar-refractivity contribution in [3.63, 3.8) is 0 Å². The van der Waals surface area contributed by atoms with E-state index in [1.54, 1.807) is 0 Å². The Morgan fingerprint density at radius 3 is 2.24 bits per heavy atom. The molecule has 2 aromatic rings. The molecule has 0 aliphatic rings. The van der Waals surface area contributed by atoms with Crippen LogP contribution in [0.25, 0.3) is 0 Å². The molecule has 4 nitrogen and oxygen atoms in total.